The molecule has 0 aliphatic carbocycles. The zero-order valence-corrected chi connectivity index (χ0v) is 8.58. The van der Waals surface area contributed by atoms with Crippen LogP contribution in [0.1, 0.15) is 12.5 Å². The van der Waals surface area contributed by atoms with Gasteiger partial charge in [0.2, 0.25) is 0 Å². The van der Waals surface area contributed by atoms with Crippen LogP contribution in [0.25, 0.3) is 0 Å². The molecule has 1 aromatic carbocycles. The Kier molecular flexibility index (Phi) is 3.92. The zero-order valence-electron chi connectivity index (χ0n) is 7.01. The van der Waals surface area contributed by atoms with Crippen LogP contribution in [-0.4, -0.2) is 5.75 Å². The summed E-state index contributed by atoms with van der Waals surface area (Å²) in [4.78, 5) is 1.20. The van der Waals surface area contributed by atoms with Crippen LogP contribution < -0.4 is 5.73 Å². The Morgan fingerprint density at radius 2 is 2.25 bits per heavy atom. The van der Waals surface area contributed by atoms with Crippen LogP contribution >= 0.6 is 23.4 Å². The number of hydrogen-bond acceptors (Lipinski definition) is 2. The van der Waals surface area contributed by atoms with E-state index in [0.29, 0.717) is 6.54 Å². The zero-order chi connectivity index (χ0) is 8.97. The molecule has 2 N–H and O–H groups in total. The van der Waals surface area contributed by atoms with Crippen molar-refractivity contribution in [1.82, 2.24) is 0 Å². The third-order valence-corrected chi connectivity index (χ3v) is 2.92. The average Bonchev–Trinajstić information content (AvgIpc) is 2.05. The molecule has 0 radical (unpaired) electrons. The van der Waals surface area contributed by atoms with E-state index in [0.717, 1.165) is 16.3 Å². The van der Waals surface area contributed by atoms with Crippen molar-refractivity contribution in [3.05, 3.63) is 28.8 Å². The van der Waals surface area contributed by atoms with Gasteiger partial charge < -0.3 is 5.73 Å². The SMILES string of the molecule is CCSc1cccc(Cl)c1CN. The maximum atomic E-state index is 5.97. The van der Waals surface area contributed by atoms with Gasteiger partial charge in [0.05, 0.1) is 0 Å². The summed E-state index contributed by atoms with van der Waals surface area (Å²) >= 11 is 7.75. The highest BCUT2D eigenvalue weighted by Crippen LogP contribution is 2.27. The van der Waals surface area contributed by atoms with Gasteiger partial charge in [-0.2, -0.15) is 0 Å². The van der Waals surface area contributed by atoms with Gasteiger partial charge in [0.1, 0.15) is 0 Å². The summed E-state index contributed by atoms with van der Waals surface area (Å²) in [5, 5.41) is 0.774. The topological polar surface area (TPSA) is 26.0 Å². The van der Waals surface area contributed by atoms with E-state index in [1.54, 1.807) is 11.8 Å². The van der Waals surface area contributed by atoms with Crippen molar-refractivity contribution >= 4 is 23.4 Å². The monoisotopic (exact) mass is 201 g/mol. The molecule has 1 aromatic rings. The Balaban J connectivity index is 3.00. The molecule has 0 aliphatic heterocycles. The number of hydrogen-bond donors (Lipinski definition) is 1. The first kappa shape index (κ1) is 9.90. The Hall–Kier alpha value is -0.180. The molecule has 0 fully saturated rings. The Labute approximate surface area is 82.3 Å². The molecule has 0 bridgehead atoms. The van der Waals surface area contributed by atoms with E-state index < -0.39 is 0 Å². The predicted molar refractivity (Wildman–Crippen MR) is 55.7 cm³/mol. The van der Waals surface area contributed by atoms with Gasteiger partial charge in [-0.15, -0.1) is 11.8 Å². The summed E-state index contributed by atoms with van der Waals surface area (Å²) < 4.78 is 0. The number of halogens is 1. The van der Waals surface area contributed by atoms with E-state index >= 15 is 0 Å². The number of nitrogens with two attached hydrogens (primary N) is 1. The maximum absolute atomic E-state index is 5.97. The van der Waals surface area contributed by atoms with Crippen LogP contribution in [0.15, 0.2) is 23.1 Å². The molecule has 0 aliphatic rings. The summed E-state index contributed by atoms with van der Waals surface area (Å²) in [6.45, 7) is 2.63. The summed E-state index contributed by atoms with van der Waals surface area (Å²) in [6, 6.07) is 5.89. The highest BCUT2D eigenvalue weighted by Gasteiger charge is 2.03. The fourth-order valence-corrected chi connectivity index (χ4v) is 2.19. The first-order chi connectivity index (χ1) is 5.79. The lowest BCUT2D eigenvalue weighted by Gasteiger charge is -2.07. The van der Waals surface area contributed by atoms with Crippen LogP contribution in [-0.2, 0) is 6.54 Å². The molecule has 12 heavy (non-hydrogen) atoms. The Morgan fingerprint density at radius 1 is 1.50 bits per heavy atom. The van der Waals surface area contributed by atoms with Gasteiger partial charge in [0, 0.05) is 16.5 Å². The van der Waals surface area contributed by atoms with E-state index in [1.807, 2.05) is 12.1 Å². The molecule has 1 rings (SSSR count). The van der Waals surface area contributed by atoms with Crippen LogP contribution in [0.3, 0.4) is 0 Å². The van der Waals surface area contributed by atoms with Crippen molar-refractivity contribution in [3.8, 4) is 0 Å². The summed E-state index contributed by atoms with van der Waals surface area (Å²) in [5.74, 6) is 1.05. The lowest BCUT2D eigenvalue weighted by molar-refractivity contribution is 1.03. The average molecular weight is 202 g/mol. The van der Waals surface area contributed by atoms with Gasteiger partial charge in [-0.3, -0.25) is 0 Å². The van der Waals surface area contributed by atoms with Crippen molar-refractivity contribution in [1.29, 1.82) is 0 Å². The third kappa shape index (κ3) is 2.16. The summed E-state index contributed by atoms with van der Waals surface area (Å²) in [7, 11) is 0. The first-order valence-corrected chi connectivity index (χ1v) is 5.26. The summed E-state index contributed by atoms with van der Waals surface area (Å²) in [5.41, 5.74) is 6.65. The normalized spacial score (nSPS) is 10.2. The fourth-order valence-electron chi connectivity index (χ4n) is 1.03. The number of thioether (sulfide) groups is 1. The van der Waals surface area contributed by atoms with Crippen molar-refractivity contribution in [2.24, 2.45) is 5.73 Å². The van der Waals surface area contributed by atoms with Crippen molar-refractivity contribution in [2.45, 2.75) is 18.4 Å². The summed E-state index contributed by atoms with van der Waals surface area (Å²) in [6.07, 6.45) is 0. The molecule has 0 unspecified atom stereocenters. The van der Waals surface area contributed by atoms with Crippen LogP contribution in [0.2, 0.25) is 5.02 Å². The highest BCUT2D eigenvalue weighted by atomic mass is 35.5. The molecule has 0 amide bonds. The second-order valence-electron chi connectivity index (χ2n) is 2.35. The minimum absolute atomic E-state index is 0.516. The molecule has 66 valence electrons. The maximum Gasteiger partial charge on any atom is 0.0462 e. The van der Waals surface area contributed by atoms with Crippen molar-refractivity contribution in [3.63, 3.8) is 0 Å². The molecule has 0 heterocycles. The van der Waals surface area contributed by atoms with E-state index in [1.165, 1.54) is 4.90 Å². The molecule has 0 aromatic heterocycles. The third-order valence-electron chi connectivity index (χ3n) is 1.58. The van der Waals surface area contributed by atoms with Gasteiger partial charge in [0.15, 0.2) is 0 Å². The Morgan fingerprint density at radius 3 is 2.83 bits per heavy atom. The van der Waals surface area contributed by atoms with E-state index in [-0.39, 0.29) is 0 Å². The van der Waals surface area contributed by atoms with E-state index in [2.05, 4.69) is 13.0 Å². The van der Waals surface area contributed by atoms with Gasteiger partial charge in [-0.1, -0.05) is 24.6 Å². The fraction of sp³-hybridized carbons (Fsp3) is 0.333. The standard InChI is InChI=1S/C9H12ClNS/c1-2-12-9-5-3-4-8(10)7(9)6-11/h3-5H,2,6,11H2,1H3. The van der Waals surface area contributed by atoms with Gasteiger partial charge in [-0.05, 0) is 23.4 Å². The second-order valence-corrected chi connectivity index (χ2v) is 4.07. The van der Waals surface area contributed by atoms with Crippen LogP contribution in [0.4, 0.5) is 0 Å². The quantitative estimate of drug-likeness (QED) is 0.762. The van der Waals surface area contributed by atoms with Crippen molar-refractivity contribution < 1.29 is 0 Å². The largest absolute Gasteiger partial charge is 0.326 e. The second kappa shape index (κ2) is 4.75. The minimum atomic E-state index is 0.516. The molecular weight excluding hydrogens is 190 g/mol. The lowest BCUT2D eigenvalue weighted by Crippen LogP contribution is -1.99. The molecule has 3 heteroatoms. The Bertz CT molecular complexity index is 263. The first-order valence-electron chi connectivity index (χ1n) is 3.89. The molecule has 0 spiro atoms. The van der Waals surface area contributed by atoms with Gasteiger partial charge in [-0.25, -0.2) is 0 Å². The highest BCUT2D eigenvalue weighted by molar-refractivity contribution is 7.99. The number of rotatable bonds is 3. The van der Waals surface area contributed by atoms with Gasteiger partial charge in [0.25, 0.3) is 0 Å². The molecular formula is C9H12ClNS. The van der Waals surface area contributed by atoms with Crippen LogP contribution in [0.5, 0.6) is 0 Å². The molecule has 0 atom stereocenters. The molecule has 1 nitrogen and oxygen atoms in total. The van der Waals surface area contributed by atoms with Crippen molar-refractivity contribution in [2.75, 3.05) is 5.75 Å². The predicted octanol–water partition coefficient (Wildman–Crippen LogP) is 2.91. The molecule has 0 saturated heterocycles. The van der Waals surface area contributed by atoms with E-state index in [9.17, 15) is 0 Å². The smallest absolute Gasteiger partial charge is 0.0462 e. The van der Waals surface area contributed by atoms with E-state index in [4.69, 9.17) is 17.3 Å². The van der Waals surface area contributed by atoms with Gasteiger partial charge >= 0.3 is 0 Å². The van der Waals surface area contributed by atoms with Crippen LogP contribution in [0, 0.1) is 0 Å². The molecule has 0 saturated carbocycles. The minimum Gasteiger partial charge on any atom is -0.326 e. The number of benzene rings is 1. The lowest BCUT2D eigenvalue weighted by atomic mass is 10.2.